The fraction of sp³-hybridized carbons (Fsp3) is 0.462. The molecule has 4 unspecified atom stereocenters. The van der Waals surface area contributed by atoms with Crippen molar-refractivity contribution in [2.24, 2.45) is 11.8 Å². The summed E-state index contributed by atoms with van der Waals surface area (Å²) in [5, 5.41) is 18.9. The predicted octanol–water partition coefficient (Wildman–Crippen LogP) is 5.83. The fourth-order valence-corrected chi connectivity index (χ4v) is 5.86. The fourth-order valence-electron chi connectivity index (χ4n) is 3.33. The molecule has 2 N–H and O–H groups in total. The van der Waals surface area contributed by atoms with Crippen molar-refractivity contribution in [1.82, 2.24) is 0 Å². The number of hydrogen-bond donors (Lipinski definition) is 2. The second-order valence-corrected chi connectivity index (χ2v) is 10.6. The van der Waals surface area contributed by atoms with Crippen molar-refractivity contribution in [3.8, 4) is 0 Å². The van der Waals surface area contributed by atoms with E-state index in [0.29, 0.717) is 26.1 Å². The standard InChI is InChI=1S/C26H34O5S2/c1-19(25(27)28)23(32-17-21-9-5-3-6-10-21)13-15-31-16-14-24(20(2)26(29)30)33-18-22-11-7-4-8-12-22/h3-12,19-20,23-24H,13-18H2,1-2H3,(H,27,28)(H,29,30). The van der Waals surface area contributed by atoms with Crippen molar-refractivity contribution >= 4 is 35.5 Å². The molecule has 0 fully saturated rings. The van der Waals surface area contributed by atoms with Crippen LogP contribution in [0.1, 0.15) is 37.8 Å². The van der Waals surface area contributed by atoms with Crippen LogP contribution in [-0.4, -0.2) is 45.9 Å². The molecule has 0 aliphatic rings. The molecule has 2 aromatic carbocycles. The van der Waals surface area contributed by atoms with Gasteiger partial charge in [-0.2, -0.15) is 23.5 Å². The lowest BCUT2D eigenvalue weighted by Gasteiger charge is -2.22. The summed E-state index contributed by atoms with van der Waals surface area (Å²) in [6, 6.07) is 20.1. The Morgan fingerprint density at radius 1 is 0.727 bits per heavy atom. The highest BCUT2D eigenvalue weighted by Crippen LogP contribution is 2.29. The number of ether oxygens (including phenoxy) is 1. The molecule has 0 radical (unpaired) electrons. The number of aliphatic carboxylic acids is 2. The lowest BCUT2D eigenvalue weighted by Crippen LogP contribution is -2.26. The molecule has 5 nitrogen and oxygen atoms in total. The minimum atomic E-state index is -0.798. The van der Waals surface area contributed by atoms with E-state index in [1.54, 1.807) is 37.4 Å². The zero-order valence-corrected chi connectivity index (χ0v) is 20.9. The minimum Gasteiger partial charge on any atom is -0.481 e. The van der Waals surface area contributed by atoms with Crippen molar-refractivity contribution in [3.05, 3.63) is 71.8 Å². The molecule has 2 rings (SSSR count). The number of thioether (sulfide) groups is 2. The third-order valence-corrected chi connectivity index (χ3v) is 8.75. The van der Waals surface area contributed by atoms with Gasteiger partial charge in [-0.1, -0.05) is 74.5 Å². The summed E-state index contributed by atoms with van der Waals surface area (Å²) >= 11 is 3.29. The van der Waals surface area contributed by atoms with Gasteiger partial charge in [0, 0.05) is 35.2 Å². The van der Waals surface area contributed by atoms with E-state index < -0.39 is 23.8 Å². The molecular weight excluding hydrogens is 456 g/mol. The number of carboxylic acids is 2. The highest BCUT2D eigenvalue weighted by atomic mass is 32.2. The van der Waals surface area contributed by atoms with Crippen molar-refractivity contribution in [1.29, 1.82) is 0 Å². The van der Waals surface area contributed by atoms with E-state index in [-0.39, 0.29) is 10.5 Å². The Kier molecular flexibility index (Phi) is 12.4. The van der Waals surface area contributed by atoms with Crippen molar-refractivity contribution < 1.29 is 24.5 Å². The third-order valence-electron chi connectivity index (χ3n) is 5.60. The van der Waals surface area contributed by atoms with Crippen molar-refractivity contribution in [2.45, 2.75) is 48.7 Å². The Hall–Kier alpha value is -1.96. The molecule has 0 spiro atoms. The van der Waals surface area contributed by atoms with Crippen molar-refractivity contribution in [2.75, 3.05) is 13.2 Å². The Morgan fingerprint density at radius 2 is 1.09 bits per heavy atom. The highest BCUT2D eigenvalue weighted by Gasteiger charge is 2.25. The summed E-state index contributed by atoms with van der Waals surface area (Å²) in [5.74, 6) is -1.01. The molecule has 0 aliphatic carbocycles. The first kappa shape index (κ1) is 27.3. The molecule has 0 heterocycles. The molecular formula is C26H34O5S2. The topological polar surface area (TPSA) is 83.8 Å². The summed E-state index contributed by atoms with van der Waals surface area (Å²) in [4.78, 5) is 23.1. The van der Waals surface area contributed by atoms with E-state index in [0.717, 1.165) is 11.5 Å². The molecule has 0 aliphatic heterocycles. The lowest BCUT2D eigenvalue weighted by molar-refractivity contribution is -0.142. The summed E-state index contributed by atoms with van der Waals surface area (Å²) in [6.07, 6.45) is 1.28. The van der Waals surface area contributed by atoms with Gasteiger partial charge in [0.15, 0.2) is 0 Å². The van der Waals surface area contributed by atoms with Gasteiger partial charge < -0.3 is 14.9 Å². The van der Waals surface area contributed by atoms with Crippen LogP contribution in [0.4, 0.5) is 0 Å². The van der Waals surface area contributed by atoms with Gasteiger partial charge in [-0.15, -0.1) is 0 Å². The molecule has 0 bridgehead atoms. The second-order valence-electron chi connectivity index (χ2n) is 8.11. The minimum absolute atomic E-state index is 0.0519. The van der Waals surface area contributed by atoms with Gasteiger partial charge in [-0.25, -0.2) is 0 Å². The molecule has 0 amide bonds. The van der Waals surface area contributed by atoms with E-state index in [4.69, 9.17) is 4.74 Å². The van der Waals surface area contributed by atoms with Gasteiger partial charge in [0.2, 0.25) is 0 Å². The SMILES string of the molecule is CC(C(=O)O)C(CCOCCC(SCc1ccccc1)C(C)C(=O)O)SCc1ccccc1. The Morgan fingerprint density at radius 3 is 1.42 bits per heavy atom. The maximum absolute atomic E-state index is 11.5. The highest BCUT2D eigenvalue weighted by molar-refractivity contribution is 7.99. The van der Waals surface area contributed by atoms with Crippen LogP contribution in [0.5, 0.6) is 0 Å². The van der Waals surface area contributed by atoms with Gasteiger partial charge in [-0.3, -0.25) is 9.59 Å². The Balaban J connectivity index is 1.80. The Bertz CT molecular complexity index is 762. The van der Waals surface area contributed by atoms with Gasteiger partial charge >= 0.3 is 11.9 Å². The average Bonchev–Trinajstić information content (AvgIpc) is 2.83. The van der Waals surface area contributed by atoms with E-state index in [9.17, 15) is 19.8 Å². The van der Waals surface area contributed by atoms with Gasteiger partial charge in [-0.05, 0) is 24.0 Å². The lowest BCUT2D eigenvalue weighted by atomic mass is 10.1. The van der Waals surface area contributed by atoms with Crippen LogP contribution in [0.2, 0.25) is 0 Å². The summed E-state index contributed by atoms with van der Waals surface area (Å²) in [7, 11) is 0. The van der Waals surface area contributed by atoms with Crippen LogP contribution in [0, 0.1) is 11.8 Å². The molecule has 2 aromatic rings. The number of carbonyl (C=O) groups is 2. The van der Waals surface area contributed by atoms with Gasteiger partial charge in [0.25, 0.3) is 0 Å². The molecule has 4 atom stereocenters. The number of hydrogen-bond acceptors (Lipinski definition) is 5. The van der Waals surface area contributed by atoms with Crippen LogP contribution in [0.25, 0.3) is 0 Å². The molecule has 0 saturated carbocycles. The first-order chi connectivity index (χ1) is 15.9. The summed E-state index contributed by atoms with van der Waals surface area (Å²) in [6.45, 7) is 4.41. The largest absolute Gasteiger partial charge is 0.481 e. The monoisotopic (exact) mass is 490 g/mol. The van der Waals surface area contributed by atoms with Crippen LogP contribution >= 0.6 is 23.5 Å². The average molecular weight is 491 g/mol. The number of benzene rings is 2. The van der Waals surface area contributed by atoms with Crippen LogP contribution < -0.4 is 0 Å². The molecule has 33 heavy (non-hydrogen) atoms. The van der Waals surface area contributed by atoms with Gasteiger partial charge in [0.1, 0.15) is 0 Å². The van der Waals surface area contributed by atoms with Crippen LogP contribution in [-0.2, 0) is 25.8 Å². The molecule has 0 saturated heterocycles. The zero-order valence-electron chi connectivity index (χ0n) is 19.3. The zero-order chi connectivity index (χ0) is 24.1. The van der Waals surface area contributed by atoms with Crippen LogP contribution in [0.3, 0.4) is 0 Å². The number of carboxylic acid groups (broad SMARTS) is 2. The molecule has 180 valence electrons. The first-order valence-corrected chi connectivity index (χ1v) is 13.3. The predicted molar refractivity (Wildman–Crippen MR) is 137 cm³/mol. The maximum atomic E-state index is 11.5. The molecule has 0 aromatic heterocycles. The number of rotatable bonds is 16. The van der Waals surface area contributed by atoms with E-state index in [1.165, 1.54) is 11.1 Å². The smallest absolute Gasteiger partial charge is 0.307 e. The summed E-state index contributed by atoms with van der Waals surface area (Å²) in [5.41, 5.74) is 2.35. The summed E-state index contributed by atoms with van der Waals surface area (Å²) < 4.78 is 5.85. The van der Waals surface area contributed by atoms with E-state index >= 15 is 0 Å². The Labute approximate surface area is 205 Å². The van der Waals surface area contributed by atoms with E-state index in [2.05, 4.69) is 0 Å². The quantitative estimate of drug-likeness (QED) is 0.286. The van der Waals surface area contributed by atoms with Crippen LogP contribution in [0.15, 0.2) is 60.7 Å². The maximum Gasteiger partial charge on any atom is 0.307 e. The normalized spacial score (nSPS) is 14.8. The van der Waals surface area contributed by atoms with E-state index in [1.807, 2.05) is 60.7 Å². The molecule has 7 heteroatoms. The second kappa shape index (κ2) is 15.0. The first-order valence-electron chi connectivity index (χ1n) is 11.2. The van der Waals surface area contributed by atoms with Crippen molar-refractivity contribution in [3.63, 3.8) is 0 Å². The third kappa shape index (κ3) is 10.2. The van der Waals surface area contributed by atoms with Gasteiger partial charge in [0.05, 0.1) is 11.8 Å².